The minimum Gasteiger partial charge on any atom is -0.387 e. The van der Waals surface area contributed by atoms with Crippen LogP contribution in [0, 0.1) is 12.8 Å². The van der Waals surface area contributed by atoms with Gasteiger partial charge in [0.2, 0.25) is 5.91 Å². The zero-order valence-corrected chi connectivity index (χ0v) is 14.5. The summed E-state index contributed by atoms with van der Waals surface area (Å²) < 4.78 is 0. The van der Waals surface area contributed by atoms with E-state index >= 15 is 0 Å². The Labute approximate surface area is 134 Å². The maximum atomic E-state index is 12.1. The number of amides is 1. The zero-order valence-electron chi connectivity index (χ0n) is 14.5. The number of aryl methyl sites for hydroxylation is 1. The lowest BCUT2D eigenvalue weighted by atomic mass is 10.1. The van der Waals surface area contributed by atoms with Crippen LogP contribution in [0.3, 0.4) is 0 Å². The van der Waals surface area contributed by atoms with Gasteiger partial charge in [0.25, 0.3) is 0 Å². The van der Waals surface area contributed by atoms with Gasteiger partial charge in [-0.3, -0.25) is 9.69 Å². The minimum absolute atomic E-state index is 0.0131. The summed E-state index contributed by atoms with van der Waals surface area (Å²) in [5.41, 5.74) is 2.06. The predicted octanol–water partition coefficient (Wildman–Crippen LogP) is 2.51. The van der Waals surface area contributed by atoms with Gasteiger partial charge in [-0.05, 0) is 31.9 Å². The van der Waals surface area contributed by atoms with Gasteiger partial charge in [-0.2, -0.15) is 0 Å². The Morgan fingerprint density at radius 2 is 1.82 bits per heavy atom. The van der Waals surface area contributed by atoms with Crippen molar-refractivity contribution in [3.05, 3.63) is 35.4 Å². The second kappa shape index (κ2) is 8.91. The smallest absolute Gasteiger partial charge is 0.234 e. The molecule has 4 nitrogen and oxygen atoms in total. The first-order chi connectivity index (χ1) is 10.3. The molecule has 0 saturated heterocycles. The Morgan fingerprint density at radius 1 is 1.23 bits per heavy atom. The van der Waals surface area contributed by atoms with Crippen molar-refractivity contribution < 1.29 is 9.90 Å². The molecule has 0 heterocycles. The highest BCUT2D eigenvalue weighted by atomic mass is 16.3. The largest absolute Gasteiger partial charge is 0.387 e. The fraction of sp³-hybridized carbons (Fsp3) is 0.611. The van der Waals surface area contributed by atoms with Gasteiger partial charge in [0.15, 0.2) is 0 Å². The molecule has 1 aromatic carbocycles. The van der Waals surface area contributed by atoms with Gasteiger partial charge in [0.05, 0.1) is 12.6 Å². The van der Waals surface area contributed by atoms with Crippen molar-refractivity contribution in [2.45, 2.75) is 46.8 Å². The normalized spacial score (nSPS) is 14.2. The molecule has 2 N–H and O–H groups in total. The molecule has 0 aliphatic carbocycles. The lowest BCUT2D eigenvalue weighted by Gasteiger charge is -2.25. The summed E-state index contributed by atoms with van der Waals surface area (Å²) in [6, 6.07) is 8.02. The first-order valence-electron chi connectivity index (χ1n) is 8.09. The van der Waals surface area contributed by atoms with E-state index < -0.39 is 6.10 Å². The van der Waals surface area contributed by atoms with E-state index in [0.29, 0.717) is 19.0 Å². The Hall–Kier alpha value is -1.39. The molecule has 1 aromatic rings. The molecule has 0 aromatic heterocycles. The Bertz CT molecular complexity index is 457. The molecule has 0 bridgehead atoms. The lowest BCUT2D eigenvalue weighted by molar-refractivity contribution is -0.123. The molecule has 0 fully saturated rings. The highest BCUT2D eigenvalue weighted by Crippen LogP contribution is 2.15. The van der Waals surface area contributed by atoms with Gasteiger partial charge in [0.1, 0.15) is 0 Å². The highest BCUT2D eigenvalue weighted by molar-refractivity contribution is 5.78. The first-order valence-corrected chi connectivity index (χ1v) is 8.09. The van der Waals surface area contributed by atoms with Crippen LogP contribution in [0.4, 0.5) is 0 Å². The van der Waals surface area contributed by atoms with Gasteiger partial charge < -0.3 is 10.4 Å². The van der Waals surface area contributed by atoms with E-state index in [2.05, 4.69) is 19.2 Å². The van der Waals surface area contributed by atoms with Crippen LogP contribution in [0.15, 0.2) is 24.3 Å². The fourth-order valence-electron chi connectivity index (χ4n) is 2.11. The molecule has 0 radical (unpaired) electrons. The van der Waals surface area contributed by atoms with Gasteiger partial charge >= 0.3 is 0 Å². The maximum Gasteiger partial charge on any atom is 0.234 e. The SMILES string of the molecule is CCN(CC(=O)NC(C)C(C)C)CC(O)c1ccc(C)cc1. The van der Waals surface area contributed by atoms with E-state index in [1.165, 1.54) is 5.56 Å². The number of rotatable bonds is 8. The molecular formula is C18H30N2O2. The van der Waals surface area contributed by atoms with Crippen LogP contribution < -0.4 is 5.32 Å². The van der Waals surface area contributed by atoms with E-state index in [9.17, 15) is 9.90 Å². The number of benzene rings is 1. The highest BCUT2D eigenvalue weighted by Gasteiger charge is 2.17. The first kappa shape index (κ1) is 18.7. The number of nitrogens with one attached hydrogen (secondary N) is 1. The second-order valence-corrected chi connectivity index (χ2v) is 6.35. The van der Waals surface area contributed by atoms with Crippen molar-refractivity contribution in [3.63, 3.8) is 0 Å². The van der Waals surface area contributed by atoms with E-state index in [1.807, 2.05) is 49.9 Å². The van der Waals surface area contributed by atoms with Crippen LogP contribution in [0.5, 0.6) is 0 Å². The molecule has 1 amide bonds. The third-order valence-corrected chi connectivity index (χ3v) is 4.10. The molecule has 2 unspecified atom stereocenters. The quantitative estimate of drug-likeness (QED) is 0.776. The molecule has 124 valence electrons. The van der Waals surface area contributed by atoms with E-state index in [0.717, 1.165) is 12.1 Å². The average Bonchev–Trinajstić information content (AvgIpc) is 2.46. The van der Waals surface area contributed by atoms with Gasteiger partial charge in [0, 0.05) is 12.6 Å². The van der Waals surface area contributed by atoms with Crippen molar-refractivity contribution in [2.24, 2.45) is 5.92 Å². The molecule has 22 heavy (non-hydrogen) atoms. The van der Waals surface area contributed by atoms with E-state index in [4.69, 9.17) is 0 Å². The van der Waals surface area contributed by atoms with Crippen LogP contribution in [0.25, 0.3) is 0 Å². The standard InChI is InChI=1S/C18H30N2O2/c1-6-20(12-18(22)19-15(5)13(2)3)11-17(21)16-9-7-14(4)8-10-16/h7-10,13,15,17,21H,6,11-12H2,1-5H3,(H,19,22). The molecule has 0 spiro atoms. The van der Waals surface area contributed by atoms with Crippen LogP contribution in [-0.2, 0) is 4.79 Å². The van der Waals surface area contributed by atoms with Crippen molar-refractivity contribution in [1.82, 2.24) is 10.2 Å². The predicted molar refractivity (Wildman–Crippen MR) is 90.7 cm³/mol. The molecule has 0 aliphatic rings. The van der Waals surface area contributed by atoms with Crippen molar-refractivity contribution >= 4 is 5.91 Å². The fourth-order valence-corrected chi connectivity index (χ4v) is 2.11. The van der Waals surface area contributed by atoms with Crippen molar-refractivity contribution in [1.29, 1.82) is 0 Å². The van der Waals surface area contributed by atoms with Gasteiger partial charge in [-0.25, -0.2) is 0 Å². The molecule has 1 rings (SSSR count). The number of hydrogen-bond donors (Lipinski definition) is 2. The van der Waals surface area contributed by atoms with Gasteiger partial charge in [-0.15, -0.1) is 0 Å². The zero-order chi connectivity index (χ0) is 16.7. The monoisotopic (exact) mass is 306 g/mol. The van der Waals surface area contributed by atoms with E-state index in [-0.39, 0.29) is 11.9 Å². The number of carbonyl (C=O) groups is 1. The lowest BCUT2D eigenvalue weighted by Crippen LogP contribution is -2.43. The number of carbonyl (C=O) groups excluding carboxylic acids is 1. The number of nitrogens with zero attached hydrogens (tertiary/aromatic N) is 1. The molecule has 0 saturated carbocycles. The summed E-state index contributed by atoms with van der Waals surface area (Å²) in [6.45, 7) is 11.7. The summed E-state index contributed by atoms with van der Waals surface area (Å²) in [4.78, 5) is 14.0. The average molecular weight is 306 g/mol. The number of likely N-dealkylation sites (N-methyl/N-ethyl adjacent to an activating group) is 1. The molecular weight excluding hydrogens is 276 g/mol. The van der Waals surface area contributed by atoms with Crippen LogP contribution in [-0.4, -0.2) is 41.6 Å². The molecule has 2 atom stereocenters. The summed E-state index contributed by atoms with van der Waals surface area (Å²) in [5.74, 6) is 0.427. The summed E-state index contributed by atoms with van der Waals surface area (Å²) in [6.07, 6.45) is -0.573. The summed E-state index contributed by atoms with van der Waals surface area (Å²) in [5, 5.41) is 13.3. The third-order valence-electron chi connectivity index (χ3n) is 4.10. The Morgan fingerprint density at radius 3 is 2.32 bits per heavy atom. The number of aliphatic hydroxyl groups excluding tert-OH is 1. The number of aliphatic hydroxyl groups is 1. The minimum atomic E-state index is -0.573. The molecule has 4 heteroatoms. The summed E-state index contributed by atoms with van der Waals surface area (Å²) >= 11 is 0. The van der Waals surface area contributed by atoms with Crippen LogP contribution >= 0.6 is 0 Å². The van der Waals surface area contributed by atoms with Crippen LogP contribution in [0.2, 0.25) is 0 Å². The van der Waals surface area contributed by atoms with Crippen molar-refractivity contribution in [3.8, 4) is 0 Å². The van der Waals surface area contributed by atoms with E-state index in [1.54, 1.807) is 0 Å². The van der Waals surface area contributed by atoms with Crippen molar-refractivity contribution in [2.75, 3.05) is 19.6 Å². The Balaban J connectivity index is 2.53. The Kier molecular flexibility index (Phi) is 7.56. The topological polar surface area (TPSA) is 52.6 Å². The van der Waals surface area contributed by atoms with Gasteiger partial charge in [-0.1, -0.05) is 50.6 Å². The maximum absolute atomic E-state index is 12.1. The molecule has 0 aliphatic heterocycles. The third kappa shape index (κ3) is 6.16. The van der Waals surface area contributed by atoms with Crippen LogP contribution in [0.1, 0.15) is 44.9 Å². The number of hydrogen-bond acceptors (Lipinski definition) is 3. The second-order valence-electron chi connectivity index (χ2n) is 6.35. The summed E-state index contributed by atoms with van der Waals surface area (Å²) in [7, 11) is 0.